The van der Waals surface area contributed by atoms with Gasteiger partial charge in [-0.15, -0.1) is 0 Å². The monoisotopic (exact) mass is 385 g/mol. The van der Waals surface area contributed by atoms with E-state index in [9.17, 15) is 4.39 Å². The predicted octanol–water partition coefficient (Wildman–Crippen LogP) is 7.17. The van der Waals surface area contributed by atoms with Crippen molar-refractivity contribution in [3.05, 3.63) is 74.7 Å². The van der Waals surface area contributed by atoms with Gasteiger partial charge in [-0.1, -0.05) is 46.4 Å². The summed E-state index contributed by atoms with van der Waals surface area (Å²) >= 11 is 24.0. The maximum absolute atomic E-state index is 15.0. The lowest BCUT2D eigenvalue weighted by Crippen LogP contribution is -1.92. The number of halogens is 5. The molecule has 3 rings (SSSR count). The Balaban J connectivity index is 2.18. The lowest BCUT2D eigenvalue weighted by atomic mass is 10.0. The molecule has 0 amide bonds. The van der Waals surface area contributed by atoms with E-state index >= 15 is 0 Å². The van der Waals surface area contributed by atoms with Gasteiger partial charge in [0.1, 0.15) is 5.82 Å². The highest BCUT2D eigenvalue weighted by molar-refractivity contribution is 6.35. The largest absolute Gasteiger partial charge is 0.263 e. The van der Waals surface area contributed by atoms with Crippen LogP contribution in [0.25, 0.3) is 22.3 Å². The van der Waals surface area contributed by atoms with Crippen LogP contribution >= 0.6 is 46.4 Å². The lowest BCUT2D eigenvalue weighted by Gasteiger charge is -2.10. The number of rotatable bonds is 2. The van der Waals surface area contributed by atoms with Crippen molar-refractivity contribution in [2.45, 2.75) is 0 Å². The van der Waals surface area contributed by atoms with E-state index in [1.807, 2.05) is 0 Å². The quantitative estimate of drug-likeness (QED) is 0.454. The van der Waals surface area contributed by atoms with E-state index < -0.39 is 5.82 Å². The summed E-state index contributed by atoms with van der Waals surface area (Å²) in [5.74, 6) is -0.448. The summed E-state index contributed by atoms with van der Waals surface area (Å²) in [6.45, 7) is 0. The van der Waals surface area contributed by atoms with Crippen LogP contribution in [0.2, 0.25) is 20.1 Å². The molecule has 0 atom stereocenters. The Bertz CT molecular complexity index is 786. The van der Waals surface area contributed by atoms with E-state index in [2.05, 4.69) is 4.98 Å². The Kier molecular flexibility index (Phi) is 4.79. The Hall–Kier alpha value is -1.32. The van der Waals surface area contributed by atoms with Gasteiger partial charge in [-0.05, 0) is 47.5 Å². The third kappa shape index (κ3) is 3.61. The van der Waals surface area contributed by atoms with Crippen molar-refractivity contribution < 1.29 is 4.39 Å². The van der Waals surface area contributed by atoms with Gasteiger partial charge in [0, 0.05) is 43.6 Å². The van der Waals surface area contributed by atoms with Crippen LogP contribution in [0.1, 0.15) is 0 Å². The number of nitrogens with zero attached hydrogens (tertiary/aromatic N) is 1. The topological polar surface area (TPSA) is 12.9 Å². The molecule has 0 aliphatic rings. The van der Waals surface area contributed by atoms with E-state index in [0.29, 0.717) is 42.3 Å². The molecule has 6 heteroatoms. The minimum atomic E-state index is -0.448. The van der Waals surface area contributed by atoms with Gasteiger partial charge in [-0.25, -0.2) is 4.39 Å². The molecular weight excluding hydrogens is 379 g/mol. The number of pyridine rings is 1. The minimum Gasteiger partial charge on any atom is -0.263 e. The van der Waals surface area contributed by atoms with Crippen LogP contribution in [0.15, 0.2) is 48.8 Å². The van der Waals surface area contributed by atoms with Crippen LogP contribution in [0.5, 0.6) is 0 Å². The Morgan fingerprint density at radius 3 is 1.30 bits per heavy atom. The fraction of sp³-hybridized carbons (Fsp3) is 0. The zero-order chi connectivity index (χ0) is 16.6. The van der Waals surface area contributed by atoms with Crippen molar-refractivity contribution in [2.75, 3.05) is 0 Å². The first-order chi connectivity index (χ1) is 10.9. The van der Waals surface area contributed by atoms with E-state index in [4.69, 9.17) is 46.4 Å². The standard InChI is InChI=1S/C17H8Cl4FN/c18-11-1-9(2-12(19)5-11)15-7-23-8-16(17(15)22)10-3-13(20)6-14(21)4-10/h1-8H. The molecule has 0 fully saturated rings. The van der Waals surface area contributed by atoms with Gasteiger partial charge in [-0.3, -0.25) is 4.98 Å². The molecule has 23 heavy (non-hydrogen) atoms. The number of benzene rings is 2. The van der Waals surface area contributed by atoms with Crippen molar-refractivity contribution in [2.24, 2.45) is 0 Å². The summed E-state index contributed by atoms with van der Waals surface area (Å²) < 4.78 is 15.0. The molecule has 0 N–H and O–H groups in total. The highest BCUT2D eigenvalue weighted by Crippen LogP contribution is 2.34. The number of aromatic nitrogens is 1. The summed E-state index contributed by atoms with van der Waals surface area (Å²) in [4.78, 5) is 4.10. The van der Waals surface area contributed by atoms with Crippen molar-refractivity contribution in [3.63, 3.8) is 0 Å². The Labute approximate surface area is 152 Å². The molecule has 1 nitrogen and oxygen atoms in total. The summed E-state index contributed by atoms with van der Waals surface area (Å²) in [5.41, 5.74) is 1.68. The molecule has 116 valence electrons. The molecule has 0 saturated heterocycles. The third-order valence-electron chi connectivity index (χ3n) is 3.23. The second-order valence-electron chi connectivity index (χ2n) is 4.86. The molecular formula is C17H8Cl4FN. The van der Waals surface area contributed by atoms with Gasteiger partial charge in [0.15, 0.2) is 0 Å². The maximum Gasteiger partial charge on any atom is 0.141 e. The first-order valence-electron chi connectivity index (χ1n) is 6.50. The van der Waals surface area contributed by atoms with Crippen LogP contribution in [-0.4, -0.2) is 4.98 Å². The van der Waals surface area contributed by atoms with Crippen LogP contribution in [0, 0.1) is 5.82 Å². The zero-order valence-corrected chi connectivity index (χ0v) is 14.5. The van der Waals surface area contributed by atoms with E-state index in [1.165, 1.54) is 12.4 Å². The lowest BCUT2D eigenvalue weighted by molar-refractivity contribution is 0.633. The van der Waals surface area contributed by atoms with E-state index in [0.717, 1.165) is 0 Å². The summed E-state index contributed by atoms with van der Waals surface area (Å²) in [6, 6.07) is 9.67. The Morgan fingerprint density at radius 1 is 0.609 bits per heavy atom. The Morgan fingerprint density at radius 2 is 0.957 bits per heavy atom. The van der Waals surface area contributed by atoms with Crippen molar-refractivity contribution >= 4 is 46.4 Å². The van der Waals surface area contributed by atoms with E-state index in [-0.39, 0.29) is 0 Å². The van der Waals surface area contributed by atoms with Gasteiger partial charge < -0.3 is 0 Å². The summed E-state index contributed by atoms with van der Waals surface area (Å²) in [5, 5.41) is 1.68. The average molecular weight is 387 g/mol. The molecule has 0 saturated carbocycles. The molecule has 0 spiro atoms. The fourth-order valence-electron chi connectivity index (χ4n) is 2.27. The second kappa shape index (κ2) is 6.66. The van der Waals surface area contributed by atoms with Gasteiger partial charge in [0.2, 0.25) is 0 Å². The molecule has 0 radical (unpaired) electrons. The normalized spacial score (nSPS) is 10.8. The smallest absolute Gasteiger partial charge is 0.141 e. The zero-order valence-electron chi connectivity index (χ0n) is 11.5. The third-order valence-corrected chi connectivity index (χ3v) is 4.10. The van der Waals surface area contributed by atoms with Gasteiger partial charge in [-0.2, -0.15) is 0 Å². The first-order valence-corrected chi connectivity index (χ1v) is 8.01. The van der Waals surface area contributed by atoms with Gasteiger partial charge in [0.05, 0.1) is 0 Å². The van der Waals surface area contributed by atoms with Gasteiger partial charge in [0.25, 0.3) is 0 Å². The molecule has 0 aliphatic heterocycles. The van der Waals surface area contributed by atoms with Crippen LogP contribution in [0.3, 0.4) is 0 Å². The van der Waals surface area contributed by atoms with Crippen LogP contribution in [-0.2, 0) is 0 Å². The van der Waals surface area contributed by atoms with Crippen LogP contribution in [0.4, 0.5) is 4.39 Å². The van der Waals surface area contributed by atoms with Crippen molar-refractivity contribution in [3.8, 4) is 22.3 Å². The van der Waals surface area contributed by atoms with Gasteiger partial charge >= 0.3 is 0 Å². The molecule has 1 aromatic heterocycles. The average Bonchev–Trinajstić information content (AvgIpc) is 2.45. The number of hydrogen-bond acceptors (Lipinski definition) is 1. The molecule has 0 unspecified atom stereocenters. The molecule has 0 bridgehead atoms. The minimum absolute atomic E-state index is 0.294. The highest BCUT2D eigenvalue weighted by atomic mass is 35.5. The summed E-state index contributed by atoms with van der Waals surface area (Å²) in [6.07, 6.45) is 2.85. The second-order valence-corrected chi connectivity index (χ2v) is 6.61. The molecule has 1 heterocycles. The van der Waals surface area contributed by atoms with Crippen LogP contribution < -0.4 is 0 Å². The van der Waals surface area contributed by atoms with Crippen molar-refractivity contribution in [1.82, 2.24) is 4.98 Å². The molecule has 2 aromatic carbocycles. The van der Waals surface area contributed by atoms with Crippen molar-refractivity contribution in [1.29, 1.82) is 0 Å². The highest BCUT2D eigenvalue weighted by Gasteiger charge is 2.14. The SMILES string of the molecule is Fc1c(-c2cc(Cl)cc(Cl)c2)cncc1-c1cc(Cl)cc(Cl)c1. The molecule has 3 aromatic rings. The predicted molar refractivity (Wildman–Crippen MR) is 95.1 cm³/mol. The summed E-state index contributed by atoms with van der Waals surface area (Å²) in [7, 11) is 0. The number of hydrogen-bond donors (Lipinski definition) is 0. The fourth-order valence-corrected chi connectivity index (χ4v) is 3.32. The van der Waals surface area contributed by atoms with E-state index in [1.54, 1.807) is 36.4 Å². The maximum atomic E-state index is 15.0. The first kappa shape index (κ1) is 16.5. The molecule has 0 aliphatic carbocycles.